The van der Waals surface area contributed by atoms with Gasteiger partial charge in [0.1, 0.15) is 5.82 Å². The van der Waals surface area contributed by atoms with Crippen LogP contribution >= 0.6 is 0 Å². The number of rotatable bonds is 6. The lowest BCUT2D eigenvalue weighted by Crippen LogP contribution is -2.14. The molecule has 0 saturated carbocycles. The normalized spacial score (nSPS) is 21.5. The Morgan fingerprint density at radius 2 is 2.15 bits per heavy atom. The van der Waals surface area contributed by atoms with Crippen LogP contribution in [0.3, 0.4) is 0 Å². The molecule has 0 amide bonds. The Morgan fingerprint density at radius 3 is 3.05 bits per heavy atom. The smallest absolute Gasteiger partial charge is 0.129 e. The molecule has 0 unspecified atom stereocenters. The number of unbranched alkanes of at least 4 members (excludes halogenated alkanes) is 2. The number of hydrogen-bond donors (Lipinski definition) is 2. The first-order chi connectivity index (χ1) is 9.92. The minimum Gasteiger partial charge on any atom is -0.370 e. The molecule has 2 N–H and O–H groups in total. The summed E-state index contributed by atoms with van der Waals surface area (Å²) in [6.45, 7) is 3.56. The zero-order chi connectivity index (χ0) is 13.6. The van der Waals surface area contributed by atoms with Crippen LogP contribution in [0.2, 0.25) is 0 Å². The van der Waals surface area contributed by atoms with Gasteiger partial charge in [0.2, 0.25) is 0 Å². The van der Waals surface area contributed by atoms with E-state index in [1.807, 2.05) is 0 Å². The van der Waals surface area contributed by atoms with Gasteiger partial charge in [-0.05, 0) is 69.2 Å². The Kier molecular flexibility index (Phi) is 4.91. The van der Waals surface area contributed by atoms with Crippen molar-refractivity contribution in [2.24, 2.45) is 5.92 Å². The predicted octanol–water partition coefficient (Wildman–Crippen LogP) is 3.15. The van der Waals surface area contributed by atoms with Crippen LogP contribution in [-0.4, -0.2) is 24.6 Å². The Bertz CT molecular complexity index is 424. The molecule has 1 fully saturated rings. The minimum atomic E-state index is 0.945. The third-order valence-electron chi connectivity index (χ3n) is 4.66. The molecule has 1 atom stereocenters. The fraction of sp³-hybridized carbons (Fsp3) is 0.706. The fourth-order valence-electron chi connectivity index (χ4n) is 3.38. The second-order valence-electron chi connectivity index (χ2n) is 6.30. The van der Waals surface area contributed by atoms with Crippen LogP contribution < -0.4 is 10.6 Å². The average molecular weight is 273 g/mol. The number of aromatic nitrogens is 1. The number of nitrogens with zero attached hydrogens (tertiary/aromatic N) is 1. The highest BCUT2D eigenvalue weighted by molar-refractivity contribution is 5.46. The number of fused-ring (bicyclic) bond motifs is 1. The summed E-state index contributed by atoms with van der Waals surface area (Å²) in [6, 6.07) is 4.50. The third-order valence-corrected chi connectivity index (χ3v) is 4.66. The highest BCUT2D eigenvalue weighted by atomic mass is 15.0. The van der Waals surface area contributed by atoms with Gasteiger partial charge in [0, 0.05) is 12.2 Å². The topological polar surface area (TPSA) is 37.0 Å². The maximum Gasteiger partial charge on any atom is 0.129 e. The summed E-state index contributed by atoms with van der Waals surface area (Å²) in [5.74, 6) is 2.09. The molecule has 3 heterocycles. The Balaban J connectivity index is 1.37. The summed E-state index contributed by atoms with van der Waals surface area (Å²) in [4.78, 5) is 4.77. The molecule has 3 rings (SSSR count). The molecule has 1 aromatic rings. The van der Waals surface area contributed by atoms with Gasteiger partial charge in [0.05, 0.1) is 0 Å². The fourth-order valence-corrected chi connectivity index (χ4v) is 3.38. The molecular weight excluding hydrogens is 246 g/mol. The van der Waals surface area contributed by atoms with Gasteiger partial charge < -0.3 is 10.6 Å². The zero-order valence-electron chi connectivity index (χ0n) is 12.5. The summed E-state index contributed by atoms with van der Waals surface area (Å²) < 4.78 is 0. The molecular formula is C17H27N3. The third kappa shape index (κ3) is 3.72. The molecule has 20 heavy (non-hydrogen) atoms. The van der Waals surface area contributed by atoms with E-state index in [1.165, 1.54) is 69.3 Å². The molecule has 1 aromatic heterocycles. The minimum absolute atomic E-state index is 0.945. The van der Waals surface area contributed by atoms with E-state index < -0.39 is 0 Å². The van der Waals surface area contributed by atoms with Crippen molar-refractivity contribution in [3.8, 4) is 0 Å². The van der Waals surface area contributed by atoms with Gasteiger partial charge in [0.15, 0.2) is 0 Å². The molecule has 3 nitrogen and oxygen atoms in total. The monoisotopic (exact) mass is 273 g/mol. The first-order valence-electron chi connectivity index (χ1n) is 8.35. The van der Waals surface area contributed by atoms with E-state index in [4.69, 9.17) is 4.98 Å². The molecule has 3 heteroatoms. The largest absolute Gasteiger partial charge is 0.370 e. The quantitative estimate of drug-likeness (QED) is 0.782. The lowest BCUT2D eigenvalue weighted by atomic mass is 9.99. The van der Waals surface area contributed by atoms with Crippen LogP contribution in [0, 0.1) is 5.92 Å². The highest BCUT2D eigenvalue weighted by Gasteiger charge is 2.13. The Labute approximate surface area is 122 Å². The maximum atomic E-state index is 4.77. The van der Waals surface area contributed by atoms with Crippen LogP contribution in [0.1, 0.15) is 49.8 Å². The van der Waals surface area contributed by atoms with Crippen LogP contribution in [0.15, 0.2) is 12.1 Å². The van der Waals surface area contributed by atoms with Gasteiger partial charge in [0.25, 0.3) is 0 Å². The van der Waals surface area contributed by atoms with Crippen LogP contribution in [-0.2, 0) is 12.8 Å². The average Bonchev–Trinajstić information content (AvgIpc) is 3.00. The summed E-state index contributed by atoms with van der Waals surface area (Å²) in [6.07, 6.45) is 10.4. The van der Waals surface area contributed by atoms with Crippen molar-refractivity contribution in [2.45, 2.75) is 51.4 Å². The van der Waals surface area contributed by atoms with Crippen molar-refractivity contribution in [2.75, 3.05) is 25.0 Å². The molecule has 2 aliphatic heterocycles. The number of aryl methyl sites for hydroxylation is 2. The van der Waals surface area contributed by atoms with E-state index in [-0.39, 0.29) is 0 Å². The molecule has 2 aliphatic rings. The van der Waals surface area contributed by atoms with Crippen molar-refractivity contribution >= 4 is 5.82 Å². The Morgan fingerprint density at radius 1 is 1.15 bits per heavy atom. The second-order valence-corrected chi connectivity index (χ2v) is 6.30. The lowest BCUT2D eigenvalue weighted by molar-refractivity contribution is 0.490. The highest BCUT2D eigenvalue weighted by Crippen LogP contribution is 2.21. The SMILES string of the molecule is c1cc2c(nc1CCCCC[C@@H]1CCNC1)NCCC2. The van der Waals surface area contributed by atoms with Gasteiger partial charge in [-0.25, -0.2) is 4.98 Å². The first-order valence-corrected chi connectivity index (χ1v) is 8.35. The van der Waals surface area contributed by atoms with Crippen LogP contribution in [0.25, 0.3) is 0 Å². The van der Waals surface area contributed by atoms with Gasteiger partial charge in [-0.3, -0.25) is 0 Å². The van der Waals surface area contributed by atoms with E-state index >= 15 is 0 Å². The molecule has 0 bridgehead atoms. The van der Waals surface area contributed by atoms with Gasteiger partial charge in [-0.1, -0.05) is 18.9 Å². The predicted molar refractivity (Wildman–Crippen MR) is 84.2 cm³/mol. The van der Waals surface area contributed by atoms with Gasteiger partial charge in [-0.2, -0.15) is 0 Å². The molecule has 0 radical (unpaired) electrons. The van der Waals surface area contributed by atoms with E-state index in [2.05, 4.69) is 22.8 Å². The standard InChI is InChI=1S/C17H27N3/c1(2-5-14-10-12-18-13-14)3-7-16-9-8-15-6-4-11-19-17(15)20-16/h8-9,14,18H,1-7,10-13H2,(H,19,20)/t14-/m1/s1. The second kappa shape index (κ2) is 7.07. The van der Waals surface area contributed by atoms with E-state index in [0.29, 0.717) is 0 Å². The van der Waals surface area contributed by atoms with E-state index in [9.17, 15) is 0 Å². The van der Waals surface area contributed by atoms with Crippen molar-refractivity contribution in [3.63, 3.8) is 0 Å². The van der Waals surface area contributed by atoms with Crippen molar-refractivity contribution in [1.29, 1.82) is 0 Å². The first kappa shape index (κ1) is 13.9. The number of anilines is 1. The molecule has 1 saturated heterocycles. The maximum absolute atomic E-state index is 4.77. The Hall–Kier alpha value is -1.09. The van der Waals surface area contributed by atoms with Crippen LogP contribution in [0.5, 0.6) is 0 Å². The molecule has 0 spiro atoms. The molecule has 0 aliphatic carbocycles. The molecule has 0 aromatic carbocycles. The summed E-state index contributed by atoms with van der Waals surface area (Å²) >= 11 is 0. The van der Waals surface area contributed by atoms with Gasteiger partial charge in [-0.15, -0.1) is 0 Å². The van der Waals surface area contributed by atoms with E-state index in [0.717, 1.165) is 24.7 Å². The zero-order valence-corrected chi connectivity index (χ0v) is 12.5. The lowest BCUT2D eigenvalue weighted by Gasteiger charge is -2.17. The summed E-state index contributed by atoms with van der Waals surface area (Å²) in [7, 11) is 0. The van der Waals surface area contributed by atoms with Crippen LogP contribution in [0.4, 0.5) is 5.82 Å². The van der Waals surface area contributed by atoms with Crippen molar-refractivity contribution in [3.05, 3.63) is 23.4 Å². The molecule has 110 valence electrons. The summed E-state index contributed by atoms with van der Waals surface area (Å²) in [5, 5.41) is 6.87. The van der Waals surface area contributed by atoms with Gasteiger partial charge >= 0.3 is 0 Å². The van der Waals surface area contributed by atoms with Crippen molar-refractivity contribution in [1.82, 2.24) is 10.3 Å². The van der Waals surface area contributed by atoms with Crippen molar-refractivity contribution < 1.29 is 0 Å². The van der Waals surface area contributed by atoms with E-state index in [1.54, 1.807) is 0 Å². The summed E-state index contributed by atoms with van der Waals surface area (Å²) in [5.41, 5.74) is 2.66. The number of pyridine rings is 1. The number of hydrogen-bond acceptors (Lipinski definition) is 3. The number of nitrogens with one attached hydrogen (secondary N) is 2.